The minimum absolute atomic E-state index is 0.0275. The van der Waals surface area contributed by atoms with Crippen molar-refractivity contribution in [2.24, 2.45) is 0 Å². The second-order valence-corrected chi connectivity index (χ2v) is 12.0. The molecule has 0 atom stereocenters. The van der Waals surface area contributed by atoms with Gasteiger partial charge in [0, 0.05) is 18.5 Å². The highest BCUT2D eigenvalue weighted by atomic mass is 32.2. The van der Waals surface area contributed by atoms with Crippen LogP contribution in [0.5, 0.6) is 11.5 Å². The highest BCUT2D eigenvalue weighted by Crippen LogP contribution is 2.30. The summed E-state index contributed by atoms with van der Waals surface area (Å²) in [6, 6.07) is 18.6. The fraction of sp³-hybridized carbons (Fsp3) is 0.161. The molecule has 0 aliphatic heterocycles. The van der Waals surface area contributed by atoms with Crippen LogP contribution in [0.4, 0.5) is 9.52 Å². The van der Waals surface area contributed by atoms with E-state index < -0.39 is 5.91 Å². The Morgan fingerprint density at radius 1 is 1.04 bits per heavy atom. The SMILES string of the molecule is COc1ccc(CCn2c(=N)c(C(=O)Nc3nnc(SCc4ccccc4F)s3)cc3c(=O)n4ccccc4nc32)cc1OC. The average molecular weight is 644 g/mol. The first-order chi connectivity index (χ1) is 21.9. The number of hydrogen-bond donors (Lipinski definition) is 2. The lowest BCUT2D eigenvalue weighted by Gasteiger charge is -2.15. The lowest BCUT2D eigenvalue weighted by molar-refractivity contribution is 0.102. The van der Waals surface area contributed by atoms with E-state index in [-0.39, 0.29) is 45.1 Å². The maximum Gasteiger partial charge on any atom is 0.267 e. The fourth-order valence-corrected chi connectivity index (χ4v) is 6.53. The van der Waals surface area contributed by atoms with Crippen LogP contribution >= 0.6 is 23.1 Å². The number of methoxy groups -OCH3 is 2. The zero-order valence-corrected chi connectivity index (χ0v) is 25.7. The number of fused-ring (bicyclic) bond motifs is 2. The predicted octanol–water partition coefficient (Wildman–Crippen LogP) is 4.92. The lowest BCUT2D eigenvalue weighted by Crippen LogP contribution is -2.32. The minimum Gasteiger partial charge on any atom is -0.493 e. The molecule has 4 aromatic heterocycles. The van der Waals surface area contributed by atoms with Crippen LogP contribution in [0.25, 0.3) is 16.7 Å². The van der Waals surface area contributed by atoms with Crippen LogP contribution in [0.1, 0.15) is 21.5 Å². The predicted molar refractivity (Wildman–Crippen MR) is 170 cm³/mol. The molecule has 11 nitrogen and oxygen atoms in total. The van der Waals surface area contributed by atoms with Crippen molar-refractivity contribution in [1.82, 2.24) is 24.1 Å². The first-order valence-corrected chi connectivity index (χ1v) is 15.5. The molecular weight excluding hydrogens is 618 g/mol. The Balaban J connectivity index is 1.33. The third kappa shape index (κ3) is 6.14. The Morgan fingerprint density at radius 3 is 2.64 bits per heavy atom. The number of aromatic nitrogens is 5. The van der Waals surface area contributed by atoms with Gasteiger partial charge >= 0.3 is 0 Å². The van der Waals surface area contributed by atoms with Gasteiger partial charge in [0.2, 0.25) is 5.13 Å². The molecule has 6 aromatic rings. The summed E-state index contributed by atoms with van der Waals surface area (Å²) >= 11 is 2.43. The fourth-order valence-electron chi connectivity index (χ4n) is 4.79. The molecule has 0 bridgehead atoms. The van der Waals surface area contributed by atoms with E-state index in [1.54, 1.807) is 67.4 Å². The Bertz CT molecular complexity index is 2180. The van der Waals surface area contributed by atoms with Crippen molar-refractivity contribution in [3.8, 4) is 11.5 Å². The van der Waals surface area contributed by atoms with Crippen molar-refractivity contribution >= 4 is 50.8 Å². The van der Waals surface area contributed by atoms with Crippen LogP contribution in [-0.2, 0) is 18.7 Å². The minimum atomic E-state index is -0.624. The summed E-state index contributed by atoms with van der Waals surface area (Å²) in [5.74, 6) is 0.573. The normalized spacial score (nSPS) is 11.2. The van der Waals surface area contributed by atoms with E-state index in [2.05, 4.69) is 15.5 Å². The summed E-state index contributed by atoms with van der Waals surface area (Å²) in [4.78, 5) is 31.8. The largest absolute Gasteiger partial charge is 0.493 e. The quantitative estimate of drug-likeness (QED) is 0.122. The van der Waals surface area contributed by atoms with Crippen molar-refractivity contribution in [2.75, 3.05) is 19.5 Å². The summed E-state index contributed by atoms with van der Waals surface area (Å²) in [6.07, 6.45) is 2.06. The van der Waals surface area contributed by atoms with Crippen LogP contribution in [-0.4, -0.2) is 44.3 Å². The first-order valence-electron chi connectivity index (χ1n) is 13.7. The number of ether oxygens (including phenoxy) is 2. The molecule has 0 radical (unpaired) electrons. The molecular formula is C31H26FN7O4S2. The standard InChI is InChI=1S/C31H26FN7O4S2/c1-42-23-11-10-18(15-24(23)43-2)12-14-39-26(33)20(16-21-27(39)34-25-9-5-6-13-38(25)29(21)41)28(40)35-30-36-37-31(45-30)44-17-19-7-3-4-8-22(19)32/h3-11,13,15-16,33H,12,14,17H2,1-2H3,(H,35,36,40). The summed E-state index contributed by atoms with van der Waals surface area (Å²) in [5, 5.41) is 20.3. The number of carbonyl (C=O) groups excluding carboxylic acids is 1. The third-order valence-corrected chi connectivity index (χ3v) is 9.09. The van der Waals surface area contributed by atoms with E-state index in [0.717, 1.165) is 16.9 Å². The molecule has 2 aromatic carbocycles. The molecule has 14 heteroatoms. The summed E-state index contributed by atoms with van der Waals surface area (Å²) in [7, 11) is 3.11. The second-order valence-electron chi connectivity index (χ2n) is 9.79. The Labute approximate surface area is 263 Å². The highest BCUT2D eigenvalue weighted by Gasteiger charge is 2.19. The van der Waals surface area contributed by atoms with E-state index in [1.807, 2.05) is 12.1 Å². The van der Waals surface area contributed by atoms with Crippen molar-refractivity contribution < 1.29 is 18.7 Å². The molecule has 0 unspecified atom stereocenters. The van der Waals surface area contributed by atoms with E-state index in [4.69, 9.17) is 19.9 Å². The van der Waals surface area contributed by atoms with Gasteiger partial charge in [-0.25, -0.2) is 9.37 Å². The summed E-state index contributed by atoms with van der Waals surface area (Å²) in [6.45, 7) is 0.247. The molecule has 0 saturated carbocycles. The maximum absolute atomic E-state index is 14.0. The number of hydrogen-bond acceptors (Lipinski definition) is 10. The highest BCUT2D eigenvalue weighted by molar-refractivity contribution is 8.00. The van der Waals surface area contributed by atoms with E-state index in [9.17, 15) is 14.0 Å². The van der Waals surface area contributed by atoms with E-state index >= 15 is 0 Å². The number of halogens is 1. The molecule has 1 amide bonds. The Hall–Kier alpha value is -5.08. The maximum atomic E-state index is 14.0. The number of pyridine rings is 2. The van der Waals surface area contributed by atoms with Crippen LogP contribution in [0.15, 0.2) is 82.1 Å². The molecule has 0 fully saturated rings. The average Bonchev–Trinajstić information content (AvgIpc) is 3.50. The van der Waals surface area contributed by atoms with Gasteiger partial charge in [-0.05, 0) is 53.9 Å². The van der Waals surface area contributed by atoms with Gasteiger partial charge in [0.15, 0.2) is 15.8 Å². The van der Waals surface area contributed by atoms with E-state index in [0.29, 0.717) is 39.2 Å². The third-order valence-electron chi connectivity index (χ3n) is 7.07. The van der Waals surface area contributed by atoms with Gasteiger partial charge in [-0.15, -0.1) is 10.2 Å². The molecule has 228 valence electrons. The smallest absolute Gasteiger partial charge is 0.267 e. The van der Waals surface area contributed by atoms with Crippen LogP contribution in [0, 0.1) is 11.2 Å². The zero-order chi connectivity index (χ0) is 31.5. The molecule has 6 rings (SSSR count). The monoisotopic (exact) mass is 643 g/mol. The molecule has 45 heavy (non-hydrogen) atoms. The second kappa shape index (κ2) is 12.9. The lowest BCUT2D eigenvalue weighted by atomic mass is 10.1. The van der Waals surface area contributed by atoms with Crippen LogP contribution in [0.2, 0.25) is 0 Å². The van der Waals surface area contributed by atoms with Gasteiger partial charge in [0.05, 0.1) is 25.2 Å². The van der Waals surface area contributed by atoms with Crippen molar-refractivity contribution in [2.45, 2.75) is 23.1 Å². The number of carbonyl (C=O) groups is 1. The number of benzene rings is 2. The van der Waals surface area contributed by atoms with Gasteiger partial charge in [-0.3, -0.25) is 24.7 Å². The number of anilines is 1. The molecule has 0 aliphatic rings. The Morgan fingerprint density at radius 2 is 1.84 bits per heavy atom. The van der Waals surface area contributed by atoms with Crippen molar-refractivity contribution in [3.63, 3.8) is 0 Å². The van der Waals surface area contributed by atoms with Gasteiger partial charge in [0.25, 0.3) is 11.5 Å². The summed E-state index contributed by atoms with van der Waals surface area (Å²) in [5.41, 5.74) is 1.62. The molecule has 2 N–H and O–H groups in total. The number of aryl methyl sites for hydroxylation is 2. The van der Waals surface area contributed by atoms with Crippen LogP contribution in [0.3, 0.4) is 0 Å². The number of amides is 1. The Kier molecular flexibility index (Phi) is 8.58. The summed E-state index contributed by atoms with van der Waals surface area (Å²) < 4.78 is 28.3. The topological polar surface area (TPSA) is 136 Å². The number of thioether (sulfide) groups is 1. The van der Waals surface area contributed by atoms with Crippen molar-refractivity contribution in [3.05, 3.63) is 111 Å². The molecule has 0 spiro atoms. The van der Waals surface area contributed by atoms with Crippen molar-refractivity contribution in [1.29, 1.82) is 5.41 Å². The first kappa shape index (κ1) is 30.0. The molecule has 0 aliphatic carbocycles. The van der Waals surface area contributed by atoms with Gasteiger partial charge < -0.3 is 14.0 Å². The van der Waals surface area contributed by atoms with Gasteiger partial charge in [-0.2, -0.15) is 0 Å². The number of rotatable bonds is 10. The van der Waals surface area contributed by atoms with Gasteiger partial charge in [-0.1, -0.05) is 53.4 Å². The number of nitrogens with one attached hydrogen (secondary N) is 2. The molecule has 0 saturated heterocycles. The molecule has 4 heterocycles. The number of nitrogens with zero attached hydrogens (tertiary/aromatic N) is 5. The van der Waals surface area contributed by atoms with Gasteiger partial charge in [0.1, 0.15) is 22.6 Å². The van der Waals surface area contributed by atoms with Crippen LogP contribution < -0.4 is 25.8 Å². The van der Waals surface area contributed by atoms with E-state index in [1.165, 1.54) is 28.3 Å². The zero-order valence-electron chi connectivity index (χ0n) is 24.1.